The number of carbonyl (C=O) groups is 1. The van der Waals surface area contributed by atoms with Crippen molar-refractivity contribution in [3.05, 3.63) is 0 Å². The molecule has 0 fully saturated rings. The first kappa shape index (κ1) is 14.4. The second-order valence-corrected chi connectivity index (χ2v) is 6.77. The van der Waals surface area contributed by atoms with E-state index in [0.29, 0.717) is 0 Å². The summed E-state index contributed by atoms with van der Waals surface area (Å²) in [7, 11) is -3.48. The van der Waals surface area contributed by atoms with Crippen molar-refractivity contribution in [1.29, 1.82) is 0 Å². The summed E-state index contributed by atoms with van der Waals surface area (Å²) in [5.74, 6) is -0.927. The molecule has 0 bridgehead atoms. The van der Waals surface area contributed by atoms with Crippen LogP contribution in [0.2, 0.25) is 0 Å². The average Bonchev–Trinajstić information content (AvgIpc) is 1.99. The van der Waals surface area contributed by atoms with E-state index in [1.165, 1.54) is 6.92 Å². The molecule has 1 atom stereocenters. The maximum atomic E-state index is 11.5. The highest BCUT2D eigenvalue weighted by Gasteiger charge is 2.31. The van der Waals surface area contributed by atoms with Gasteiger partial charge in [0.2, 0.25) is 0 Å². The van der Waals surface area contributed by atoms with Crippen LogP contribution in [0.5, 0.6) is 0 Å². The zero-order valence-electron chi connectivity index (χ0n) is 9.61. The van der Waals surface area contributed by atoms with Gasteiger partial charge in [0, 0.05) is 6.54 Å². The van der Waals surface area contributed by atoms with Crippen LogP contribution < -0.4 is 5.73 Å². The summed E-state index contributed by atoms with van der Waals surface area (Å²) in [6, 6.07) is 0. The number of ether oxygens (including phenoxy) is 1. The third-order valence-corrected chi connectivity index (χ3v) is 3.75. The van der Waals surface area contributed by atoms with E-state index in [2.05, 4.69) is 0 Å². The molecule has 15 heavy (non-hydrogen) atoms. The highest BCUT2D eigenvalue weighted by molar-refractivity contribution is 7.92. The maximum Gasteiger partial charge on any atom is 0.324 e. The van der Waals surface area contributed by atoms with Crippen molar-refractivity contribution >= 4 is 15.8 Å². The van der Waals surface area contributed by atoms with Gasteiger partial charge in [-0.1, -0.05) is 0 Å². The number of sulfone groups is 1. The molecule has 0 rings (SSSR count). The fourth-order valence-electron chi connectivity index (χ4n) is 0.872. The van der Waals surface area contributed by atoms with Gasteiger partial charge in [-0.15, -0.1) is 0 Å². The molecule has 90 valence electrons. The molecule has 0 aromatic rings. The van der Waals surface area contributed by atoms with Crippen LogP contribution in [0.1, 0.15) is 27.7 Å². The summed E-state index contributed by atoms with van der Waals surface area (Å²) in [4.78, 5) is 11.4. The SMILES string of the molecule is CC(C(=O)OC(C)(C)C)S(=O)(=O)CCN. The number of rotatable bonds is 4. The van der Waals surface area contributed by atoms with Crippen LogP contribution in [0, 0.1) is 0 Å². The Hall–Kier alpha value is -0.620. The van der Waals surface area contributed by atoms with Crippen molar-refractivity contribution in [2.24, 2.45) is 5.73 Å². The number of hydrogen-bond acceptors (Lipinski definition) is 5. The van der Waals surface area contributed by atoms with E-state index in [-0.39, 0.29) is 12.3 Å². The molecule has 0 aliphatic rings. The van der Waals surface area contributed by atoms with Gasteiger partial charge >= 0.3 is 5.97 Å². The first-order chi connectivity index (χ1) is 6.60. The number of nitrogens with two attached hydrogens (primary N) is 1. The molecule has 0 aromatic heterocycles. The Kier molecular flexibility index (Phi) is 4.73. The summed E-state index contributed by atoms with van der Waals surface area (Å²) in [5, 5.41) is -1.15. The molecule has 0 radical (unpaired) electrons. The fourth-order valence-corrected chi connectivity index (χ4v) is 1.90. The molecule has 0 aliphatic heterocycles. The quantitative estimate of drug-likeness (QED) is 0.700. The van der Waals surface area contributed by atoms with Gasteiger partial charge in [0.15, 0.2) is 15.1 Å². The third kappa shape index (κ3) is 5.13. The van der Waals surface area contributed by atoms with E-state index in [0.717, 1.165) is 0 Å². The Morgan fingerprint density at radius 3 is 2.20 bits per heavy atom. The van der Waals surface area contributed by atoms with E-state index < -0.39 is 26.7 Å². The van der Waals surface area contributed by atoms with Crippen LogP contribution in [-0.4, -0.2) is 37.5 Å². The van der Waals surface area contributed by atoms with Gasteiger partial charge in [0.25, 0.3) is 0 Å². The summed E-state index contributed by atoms with van der Waals surface area (Å²) >= 11 is 0. The minimum absolute atomic E-state index is 0.00940. The largest absolute Gasteiger partial charge is 0.459 e. The van der Waals surface area contributed by atoms with E-state index in [1.807, 2.05) is 0 Å². The van der Waals surface area contributed by atoms with E-state index in [4.69, 9.17) is 10.5 Å². The highest BCUT2D eigenvalue weighted by Crippen LogP contribution is 2.12. The number of esters is 1. The van der Waals surface area contributed by atoms with Crippen LogP contribution in [0.4, 0.5) is 0 Å². The second-order valence-electron chi connectivity index (χ2n) is 4.33. The normalized spacial score (nSPS) is 14.7. The third-order valence-electron chi connectivity index (χ3n) is 1.68. The van der Waals surface area contributed by atoms with Crippen LogP contribution in [-0.2, 0) is 19.4 Å². The molecule has 0 aromatic carbocycles. The summed E-state index contributed by atoms with van der Waals surface area (Å²) in [6.07, 6.45) is 0. The number of hydrogen-bond donors (Lipinski definition) is 1. The lowest BCUT2D eigenvalue weighted by Gasteiger charge is -2.22. The van der Waals surface area contributed by atoms with Gasteiger partial charge in [-0.05, 0) is 27.7 Å². The minimum Gasteiger partial charge on any atom is -0.459 e. The Labute approximate surface area is 90.9 Å². The van der Waals surface area contributed by atoms with Crippen LogP contribution in [0.15, 0.2) is 0 Å². The second kappa shape index (κ2) is 4.94. The molecule has 0 aliphatic carbocycles. The first-order valence-corrected chi connectivity index (χ1v) is 6.46. The monoisotopic (exact) mass is 237 g/mol. The minimum atomic E-state index is -3.48. The smallest absolute Gasteiger partial charge is 0.324 e. The van der Waals surface area contributed by atoms with Crippen molar-refractivity contribution in [2.75, 3.05) is 12.3 Å². The van der Waals surface area contributed by atoms with E-state index in [9.17, 15) is 13.2 Å². The Balaban J connectivity index is 4.59. The van der Waals surface area contributed by atoms with Gasteiger partial charge in [-0.3, -0.25) is 4.79 Å². The molecule has 2 N–H and O–H groups in total. The van der Waals surface area contributed by atoms with Gasteiger partial charge in [-0.25, -0.2) is 8.42 Å². The van der Waals surface area contributed by atoms with Gasteiger partial charge in [-0.2, -0.15) is 0 Å². The van der Waals surface area contributed by atoms with Crippen LogP contribution >= 0.6 is 0 Å². The molecule has 0 spiro atoms. The maximum absolute atomic E-state index is 11.5. The van der Waals surface area contributed by atoms with Crippen molar-refractivity contribution in [1.82, 2.24) is 0 Å². The Bertz CT molecular complexity index is 315. The molecule has 0 saturated heterocycles. The summed E-state index contributed by atoms with van der Waals surface area (Å²) in [5.41, 5.74) is 4.47. The fraction of sp³-hybridized carbons (Fsp3) is 0.889. The lowest BCUT2D eigenvalue weighted by molar-refractivity contribution is -0.153. The number of carbonyl (C=O) groups excluding carboxylic acids is 1. The lowest BCUT2D eigenvalue weighted by atomic mass is 10.2. The first-order valence-electron chi connectivity index (χ1n) is 4.74. The lowest BCUT2D eigenvalue weighted by Crippen LogP contribution is -2.37. The molecule has 6 heteroatoms. The van der Waals surface area contributed by atoms with Gasteiger partial charge in [0.05, 0.1) is 5.75 Å². The Morgan fingerprint density at radius 2 is 1.87 bits per heavy atom. The molecule has 0 saturated carbocycles. The predicted molar refractivity (Wildman–Crippen MR) is 58.1 cm³/mol. The zero-order chi connectivity index (χ0) is 12.3. The topological polar surface area (TPSA) is 86.5 Å². The molecule has 1 unspecified atom stereocenters. The van der Waals surface area contributed by atoms with Gasteiger partial charge in [0.1, 0.15) is 5.60 Å². The zero-order valence-corrected chi connectivity index (χ0v) is 10.4. The molecular formula is C9H19NO4S. The summed E-state index contributed by atoms with van der Waals surface area (Å²) < 4.78 is 27.9. The van der Waals surface area contributed by atoms with E-state index >= 15 is 0 Å². The molecule has 5 nitrogen and oxygen atoms in total. The summed E-state index contributed by atoms with van der Waals surface area (Å²) in [6.45, 7) is 6.39. The van der Waals surface area contributed by atoms with E-state index in [1.54, 1.807) is 20.8 Å². The van der Waals surface area contributed by atoms with Crippen molar-refractivity contribution in [3.8, 4) is 0 Å². The molecule has 0 heterocycles. The molecule has 0 amide bonds. The van der Waals surface area contributed by atoms with Crippen LogP contribution in [0.25, 0.3) is 0 Å². The van der Waals surface area contributed by atoms with Gasteiger partial charge < -0.3 is 10.5 Å². The van der Waals surface area contributed by atoms with Crippen molar-refractivity contribution < 1.29 is 17.9 Å². The molecular weight excluding hydrogens is 218 g/mol. The highest BCUT2D eigenvalue weighted by atomic mass is 32.2. The standard InChI is InChI=1S/C9H19NO4S/c1-7(15(12,13)6-5-10)8(11)14-9(2,3)4/h7H,5-6,10H2,1-4H3. The van der Waals surface area contributed by atoms with Crippen LogP contribution in [0.3, 0.4) is 0 Å². The average molecular weight is 237 g/mol. The predicted octanol–water partition coefficient (Wildman–Crippen LogP) is 0.0901. The Morgan fingerprint density at radius 1 is 1.40 bits per heavy atom. The van der Waals surface area contributed by atoms with Crippen molar-refractivity contribution in [3.63, 3.8) is 0 Å². The van der Waals surface area contributed by atoms with Crippen molar-refractivity contribution in [2.45, 2.75) is 38.5 Å².